The SMILES string of the molecule is COC(=O)c1c(-c2ccc(F)cc2)csc1NC(=O)CCc1ccc(OC)c(OC)c1. The van der Waals surface area contributed by atoms with Crippen LogP contribution in [-0.2, 0) is 16.0 Å². The summed E-state index contributed by atoms with van der Waals surface area (Å²) in [6.07, 6.45) is 0.690. The molecule has 0 saturated heterocycles. The highest BCUT2D eigenvalue weighted by atomic mass is 32.1. The van der Waals surface area contributed by atoms with Crippen molar-refractivity contribution in [3.63, 3.8) is 0 Å². The Labute approximate surface area is 183 Å². The van der Waals surface area contributed by atoms with Crippen molar-refractivity contribution in [2.75, 3.05) is 26.6 Å². The molecule has 8 heteroatoms. The van der Waals surface area contributed by atoms with Gasteiger partial charge in [-0.3, -0.25) is 4.79 Å². The van der Waals surface area contributed by atoms with Crippen LogP contribution in [0.3, 0.4) is 0 Å². The van der Waals surface area contributed by atoms with Crippen molar-refractivity contribution in [3.8, 4) is 22.6 Å². The molecule has 0 aliphatic rings. The molecule has 0 fully saturated rings. The number of rotatable bonds is 8. The minimum atomic E-state index is -0.573. The summed E-state index contributed by atoms with van der Waals surface area (Å²) in [5.74, 6) is 0.0198. The molecule has 0 aliphatic heterocycles. The number of carbonyl (C=O) groups is 2. The van der Waals surface area contributed by atoms with Gasteiger partial charge in [-0.1, -0.05) is 18.2 Å². The Kier molecular flexibility index (Phi) is 7.25. The molecule has 1 amide bonds. The summed E-state index contributed by atoms with van der Waals surface area (Å²) in [4.78, 5) is 24.9. The Morgan fingerprint density at radius 3 is 2.35 bits per heavy atom. The second kappa shape index (κ2) is 10.1. The van der Waals surface area contributed by atoms with E-state index in [-0.39, 0.29) is 23.7 Å². The van der Waals surface area contributed by atoms with Gasteiger partial charge in [0.2, 0.25) is 5.91 Å². The Hall–Kier alpha value is -3.39. The van der Waals surface area contributed by atoms with Gasteiger partial charge in [0.15, 0.2) is 11.5 Å². The lowest BCUT2D eigenvalue weighted by Crippen LogP contribution is -2.14. The first-order valence-corrected chi connectivity index (χ1v) is 10.3. The van der Waals surface area contributed by atoms with Crippen LogP contribution in [0.15, 0.2) is 47.8 Å². The lowest BCUT2D eigenvalue weighted by Gasteiger charge is -2.10. The van der Waals surface area contributed by atoms with Gasteiger partial charge in [-0.15, -0.1) is 11.3 Å². The van der Waals surface area contributed by atoms with Gasteiger partial charge >= 0.3 is 5.97 Å². The lowest BCUT2D eigenvalue weighted by molar-refractivity contribution is -0.116. The summed E-state index contributed by atoms with van der Waals surface area (Å²) in [6.45, 7) is 0. The minimum absolute atomic E-state index is 0.208. The maximum absolute atomic E-state index is 13.3. The van der Waals surface area contributed by atoms with Gasteiger partial charge in [-0.2, -0.15) is 0 Å². The predicted octanol–water partition coefficient (Wildman–Crippen LogP) is 4.93. The van der Waals surface area contributed by atoms with Crippen LogP contribution >= 0.6 is 11.3 Å². The molecule has 0 saturated carbocycles. The van der Waals surface area contributed by atoms with E-state index >= 15 is 0 Å². The van der Waals surface area contributed by atoms with E-state index in [1.807, 2.05) is 12.1 Å². The average molecular weight is 443 g/mol. The van der Waals surface area contributed by atoms with Crippen LogP contribution in [0.2, 0.25) is 0 Å². The fourth-order valence-electron chi connectivity index (χ4n) is 3.08. The lowest BCUT2D eigenvalue weighted by atomic mass is 10.0. The second-order valence-corrected chi connectivity index (χ2v) is 7.47. The Bertz CT molecular complexity index is 1080. The molecular formula is C23H22FNO5S. The van der Waals surface area contributed by atoms with Crippen molar-refractivity contribution < 1.29 is 28.2 Å². The topological polar surface area (TPSA) is 73.9 Å². The number of amides is 1. The summed E-state index contributed by atoms with van der Waals surface area (Å²) in [5, 5.41) is 4.93. The quantitative estimate of drug-likeness (QED) is 0.500. The molecule has 1 aromatic heterocycles. The Morgan fingerprint density at radius 1 is 1.00 bits per heavy atom. The van der Waals surface area contributed by atoms with Crippen molar-refractivity contribution in [2.45, 2.75) is 12.8 Å². The second-order valence-electron chi connectivity index (χ2n) is 6.59. The smallest absolute Gasteiger partial charge is 0.341 e. The number of hydrogen-bond acceptors (Lipinski definition) is 6. The molecule has 1 heterocycles. The maximum atomic E-state index is 13.3. The largest absolute Gasteiger partial charge is 0.493 e. The van der Waals surface area contributed by atoms with Crippen molar-refractivity contribution in [2.24, 2.45) is 0 Å². The summed E-state index contributed by atoms with van der Waals surface area (Å²) in [6, 6.07) is 11.3. The van der Waals surface area contributed by atoms with Gasteiger partial charge in [-0.05, 0) is 41.8 Å². The number of ether oxygens (including phenoxy) is 3. The first-order chi connectivity index (χ1) is 15.0. The van der Waals surface area contributed by atoms with Crippen LogP contribution in [0.4, 0.5) is 9.39 Å². The van der Waals surface area contributed by atoms with Crippen LogP contribution in [-0.4, -0.2) is 33.2 Å². The van der Waals surface area contributed by atoms with E-state index in [4.69, 9.17) is 14.2 Å². The fraction of sp³-hybridized carbons (Fsp3) is 0.217. The van der Waals surface area contributed by atoms with E-state index in [9.17, 15) is 14.0 Å². The van der Waals surface area contributed by atoms with E-state index in [0.29, 0.717) is 34.0 Å². The molecule has 0 aliphatic carbocycles. The highest BCUT2D eigenvalue weighted by Crippen LogP contribution is 2.36. The van der Waals surface area contributed by atoms with Gasteiger partial charge in [0.25, 0.3) is 0 Å². The number of esters is 1. The maximum Gasteiger partial charge on any atom is 0.341 e. The van der Waals surface area contributed by atoms with E-state index < -0.39 is 5.97 Å². The van der Waals surface area contributed by atoms with Crippen molar-refractivity contribution in [3.05, 3.63) is 64.8 Å². The van der Waals surface area contributed by atoms with Crippen LogP contribution in [0.5, 0.6) is 11.5 Å². The number of benzene rings is 2. The van der Waals surface area contributed by atoms with Crippen LogP contribution in [0.25, 0.3) is 11.1 Å². The molecule has 0 spiro atoms. The standard InChI is InChI=1S/C23H22FNO5S/c1-28-18-10-4-14(12-19(18)29-2)5-11-20(26)25-22-21(23(27)30-3)17(13-31-22)15-6-8-16(24)9-7-15/h4,6-10,12-13H,5,11H2,1-3H3,(H,25,26). The van der Waals surface area contributed by atoms with E-state index in [1.54, 1.807) is 37.8 Å². The zero-order chi connectivity index (χ0) is 22.4. The van der Waals surface area contributed by atoms with Crippen molar-refractivity contribution in [1.82, 2.24) is 0 Å². The van der Waals surface area contributed by atoms with Gasteiger partial charge in [0, 0.05) is 17.4 Å². The highest BCUT2D eigenvalue weighted by molar-refractivity contribution is 7.15. The van der Waals surface area contributed by atoms with Crippen molar-refractivity contribution >= 4 is 28.2 Å². The first-order valence-electron chi connectivity index (χ1n) is 9.43. The molecule has 6 nitrogen and oxygen atoms in total. The molecule has 31 heavy (non-hydrogen) atoms. The van der Waals surface area contributed by atoms with Gasteiger partial charge in [0.05, 0.1) is 21.3 Å². The van der Waals surface area contributed by atoms with E-state index in [1.165, 1.54) is 30.6 Å². The van der Waals surface area contributed by atoms with Crippen molar-refractivity contribution in [1.29, 1.82) is 0 Å². The zero-order valence-corrected chi connectivity index (χ0v) is 18.2. The summed E-state index contributed by atoms with van der Waals surface area (Å²) in [5.41, 5.74) is 2.40. The summed E-state index contributed by atoms with van der Waals surface area (Å²) in [7, 11) is 4.39. The molecule has 0 radical (unpaired) electrons. The molecule has 0 atom stereocenters. The third-order valence-corrected chi connectivity index (χ3v) is 5.57. The van der Waals surface area contributed by atoms with Crippen LogP contribution in [0, 0.1) is 5.82 Å². The number of hydrogen-bond donors (Lipinski definition) is 1. The zero-order valence-electron chi connectivity index (χ0n) is 17.4. The van der Waals surface area contributed by atoms with Gasteiger partial charge in [-0.25, -0.2) is 9.18 Å². The Morgan fingerprint density at radius 2 is 1.71 bits per heavy atom. The fourth-order valence-corrected chi connectivity index (χ4v) is 4.05. The molecule has 3 aromatic rings. The van der Waals surface area contributed by atoms with Gasteiger partial charge in [0.1, 0.15) is 16.4 Å². The molecule has 2 aromatic carbocycles. The number of anilines is 1. The van der Waals surface area contributed by atoms with Crippen LogP contribution in [0.1, 0.15) is 22.3 Å². The first kappa shape index (κ1) is 22.3. The normalized spacial score (nSPS) is 10.5. The third-order valence-electron chi connectivity index (χ3n) is 4.68. The number of carbonyl (C=O) groups excluding carboxylic acids is 2. The molecule has 1 N–H and O–H groups in total. The number of nitrogens with one attached hydrogen (secondary N) is 1. The number of halogens is 1. The average Bonchev–Trinajstić information content (AvgIpc) is 3.20. The number of methoxy groups -OCH3 is 3. The summed E-state index contributed by atoms with van der Waals surface area (Å²) < 4.78 is 28.7. The predicted molar refractivity (Wildman–Crippen MR) is 118 cm³/mol. The molecule has 0 bridgehead atoms. The number of aryl methyl sites for hydroxylation is 1. The third kappa shape index (κ3) is 5.21. The Balaban J connectivity index is 1.75. The van der Waals surface area contributed by atoms with Crippen LogP contribution < -0.4 is 14.8 Å². The molecule has 0 unspecified atom stereocenters. The number of thiophene rings is 1. The minimum Gasteiger partial charge on any atom is -0.493 e. The van der Waals surface area contributed by atoms with E-state index in [0.717, 1.165) is 5.56 Å². The highest BCUT2D eigenvalue weighted by Gasteiger charge is 2.22. The molecule has 3 rings (SSSR count). The van der Waals surface area contributed by atoms with E-state index in [2.05, 4.69) is 5.32 Å². The van der Waals surface area contributed by atoms with Gasteiger partial charge < -0.3 is 19.5 Å². The monoisotopic (exact) mass is 443 g/mol. The molecular weight excluding hydrogens is 421 g/mol. The summed E-state index contributed by atoms with van der Waals surface area (Å²) >= 11 is 1.22. The molecule has 162 valence electrons.